The fourth-order valence-electron chi connectivity index (χ4n) is 1.27. The van der Waals surface area contributed by atoms with Crippen molar-refractivity contribution < 1.29 is 4.39 Å². The van der Waals surface area contributed by atoms with Crippen LogP contribution < -0.4 is 0 Å². The largest absolute Gasteiger partial charge is 0.239 e. The summed E-state index contributed by atoms with van der Waals surface area (Å²) in [5.74, 6) is 0.309. The third kappa shape index (κ3) is 3.60. The molecule has 2 aromatic rings. The number of rotatable bonds is 3. The predicted octanol–water partition coefficient (Wildman–Crippen LogP) is 4.82. The lowest BCUT2D eigenvalue weighted by molar-refractivity contribution is 0.624. The van der Waals surface area contributed by atoms with E-state index >= 15 is 0 Å². The molecule has 0 fully saturated rings. The first-order chi connectivity index (χ1) is 8.15. The molecule has 0 aliphatic heterocycles. The Labute approximate surface area is 113 Å². The third-order valence-corrected chi connectivity index (χ3v) is 3.62. The van der Waals surface area contributed by atoms with Crippen LogP contribution in [0.1, 0.15) is 5.69 Å². The van der Waals surface area contributed by atoms with E-state index in [0.717, 1.165) is 4.90 Å². The van der Waals surface area contributed by atoms with Crippen molar-refractivity contribution in [3.63, 3.8) is 0 Å². The molecule has 0 aliphatic rings. The van der Waals surface area contributed by atoms with Crippen LogP contribution in [-0.4, -0.2) is 4.98 Å². The van der Waals surface area contributed by atoms with E-state index in [0.29, 0.717) is 21.6 Å². The first-order valence-corrected chi connectivity index (χ1v) is 6.58. The maximum atomic E-state index is 13.0. The summed E-state index contributed by atoms with van der Waals surface area (Å²) >= 11 is 13.2. The number of halogens is 3. The van der Waals surface area contributed by atoms with Gasteiger partial charge in [0, 0.05) is 10.6 Å². The second-order valence-electron chi connectivity index (χ2n) is 3.31. The highest BCUT2D eigenvalue weighted by Gasteiger charge is 2.04. The fraction of sp³-hybridized carbons (Fsp3) is 0.0833. The van der Waals surface area contributed by atoms with E-state index in [-0.39, 0.29) is 5.82 Å². The Bertz CT molecular complexity index is 534. The highest BCUT2D eigenvalue weighted by atomic mass is 35.5. The molecular formula is C12H8Cl2FNS. The molecule has 0 N–H and O–H groups in total. The smallest absolute Gasteiger partial charge is 0.129 e. The normalized spacial score (nSPS) is 10.5. The van der Waals surface area contributed by atoms with Crippen molar-refractivity contribution in [2.24, 2.45) is 0 Å². The second kappa shape index (κ2) is 5.71. The Morgan fingerprint density at radius 1 is 1.18 bits per heavy atom. The van der Waals surface area contributed by atoms with E-state index in [9.17, 15) is 4.39 Å². The number of hydrogen-bond donors (Lipinski definition) is 0. The number of thioether (sulfide) groups is 1. The van der Waals surface area contributed by atoms with E-state index in [1.165, 1.54) is 23.9 Å². The number of aromatic nitrogens is 1. The minimum absolute atomic E-state index is 0.250. The zero-order valence-electron chi connectivity index (χ0n) is 8.66. The second-order valence-corrected chi connectivity index (χ2v) is 5.15. The maximum absolute atomic E-state index is 13.0. The predicted molar refractivity (Wildman–Crippen MR) is 70.2 cm³/mol. The standard InChI is InChI=1S/C12H8Cl2FNS/c13-10-4-5-12(14)16-11(10)7-17-9-3-1-2-8(15)6-9/h1-6H,7H2. The van der Waals surface area contributed by atoms with Gasteiger partial charge in [-0.1, -0.05) is 29.3 Å². The van der Waals surface area contributed by atoms with Crippen LogP contribution in [0.4, 0.5) is 4.39 Å². The molecule has 0 radical (unpaired) electrons. The van der Waals surface area contributed by atoms with Crippen LogP contribution in [0.5, 0.6) is 0 Å². The zero-order chi connectivity index (χ0) is 12.3. The summed E-state index contributed by atoms with van der Waals surface area (Å²) in [4.78, 5) is 4.97. The van der Waals surface area contributed by atoms with Crippen molar-refractivity contribution in [2.75, 3.05) is 0 Å². The molecule has 17 heavy (non-hydrogen) atoms. The van der Waals surface area contributed by atoms with E-state index < -0.39 is 0 Å². The summed E-state index contributed by atoms with van der Waals surface area (Å²) in [6, 6.07) is 9.74. The Kier molecular flexibility index (Phi) is 4.26. The van der Waals surface area contributed by atoms with E-state index in [4.69, 9.17) is 23.2 Å². The van der Waals surface area contributed by atoms with Crippen LogP contribution in [0.25, 0.3) is 0 Å². The van der Waals surface area contributed by atoms with Gasteiger partial charge in [0.15, 0.2) is 0 Å². The summed E-state index contributed by atoms with van der Waals surface area (Å²) in [6.45, 7) is 0. The Balaban J connectivity index is 2.09. The highest BCUT2D eigenvalue weighted by Crippen LogP contribution is 2.26. The van der Waals surface area contributed by atoms with Gasteiger partial charge in [-0.2, -0.15) is 0 Å². The molecule has 1 nitrogen and oxygen atoms in total. The molecule has 0 saturated heterocycles. The summed E-state index contributed by atoms with van der Waals surface area (Å²) in [6.07, 6.45) is 0. The molecule has 0 unspecified atom stereocenters. The average molecular weight is 288 g/mol. The van der Waals surface area contributed by atoms with Crippen molar-refractivity contribution in [3.05, 3.63) is 58.1 Å². The lowest BCUT2D eigenvalue weighted by Gasteiger charge is -2.04. The lowest BCUT2D eigenvalue weighted by Crippen LogP contribution is -1.89. The van der Waals surface area contributed by atoms with Crippen LogP contribution in [0.2, 0.25) is 10.2 Å². The van der Waals surface area contributed by atoms with Crippen molar-refractivity contribution >= 4 is 35.0 Å². The van der Waals surface area contributed by atoms with Crippen molar-refractivity contribution in [1.82, 2.24) is 4.98 Å². The van der Waals surface area contributed by atoms with Crippen molar-refractivity contribution in [1.29, 1.82) is 0 Å². The fourth-order valence-corrected chi connectivity index (χ4v) is 2.58. The number of pyridine rings is 1. The topological polar surface area (TPSA) is 12.9 Å². The van der Waals surface area contributed by atoms with Crippen LogP contribution in [0.3, 0.4) is 0 Å². The first-order valence-electron chi connectivity index (χ1n) is 4.84. The van der Waals surface area contributed by atoms with Crippen LogP contribution in [0, 0.1) is 5.82 Å². The SMILES string of the molecule is Fc1cccc(SCc2nc(Cl)ccc2Cl)c1. The van der Waals surface area contributed by atoms with E-state index in [2.05, 4.69) is 4.98 Å². The minimum atomic E-state index is -0.250. The molecule has 1 aromatic heterocycles. The minimum Gasteiger partial charge on any atom is -0.239 e. The first kappa shape index (κ1) is 12.7. The Hall–Kier alpha value is -0.770. The summed E-state index contributed by atoms with van der Waals surface area (Å²) in [7, 11) is 0. The van der Waals surface area contributed by atoms with Gasteiger partial charge in [-0.15, -0.1) is 11.8 Å². The van der Waals surface area contributed by atoms with Gasteiger partial charge >= 0.3 is 0 Å². The highest BCUT2D eigenvalue weighted by molar-refractivity contribution is 7.98. The monoisotopic (exact) mass is 287 g/mol. The molecule has 0 spiro atoms. The van der Waals surface area contributed by atoms with E-state index in [1.807, 2.05) is 6.07 Å². The summed E-state index contributed by atoms with van der Waals surface area (Å²) in [5, 5.41) is 0.975. The lowest BCUT2D eigenvalue weighted by atomic mass is 10.3. The molecular weight excluding hydrogens is 280 g/mol. The van der Waals surface area contributed by atoms with Gasteiger partial charge in [-0.25, -0.2) is 9.37 Å². The Morgan fingerprint density at radius 2 is 2.00 bits per heavy atom. The van der Waals surface area contributed by atoms with Gasteiger partial charge in [0.2, 0.25) is 0 Å². The van der Waals surface area contributed by atoms with Crippen LogP contribution in [0.15, 0.2) is 41.3 Å². The molecule has 0 bridgehead atoms. The van der Waals surface area contributed by atoms with Gasteiger partial charge in [-0.3, -0.25) is 0 Å². The van der Waals surface area contributed by atoms with Gasteiger partial charge in [0.1, 0.15) is 11.0 Å². The van der Waals surface area contributed by atoms with Gasteiger partial charge in [-0.05, 0) is 30.3 Å². The molecule has 5 heteroatoms. The quantitative estimate of drug-likeness (QED) is 0.593. The maximum Gasteiger partial charge on any atom is 0.129 e. The molecule has 0 saturated carbocycles. The molecule has 0 aliphatic carbocycles. The average Bonchev–Trinajstić information content (AvgIpc) is 2.30. The van der Waals surface area contributed by atoms with Gasteiger partial charge in [0.25, 0.3) is 0 Å². The molecule has 0 atom stereocenters. The molecule has 88 valence electrons. The molecule has 2 rings (SSSR count). The third-order valence-electron chi connectivity index (χ3n) is 2.06. The summed E-state index contributed by atoms with van der Waals surface area (Å²) < 4.78 is 13.0. The van der Waals surface area contributed by atoms with Crippen LogP contribution in [-0.2, 0) is 5.75 Å². The summed E-state index contributed by atoms with van der Waals surface area (Å²) in [5.41, 5.74) is 0.702. The van der Waals surface area contributed by atoms with Crippen LogP contribution >= 0.6 is 35.0 Å². The van der Waals surface area contributed by atoms with E-state index in [1.54, 1.807) is 18.2 Å². The van der Waals surface area contributed by atoms with Crippen molar-refractivity contribution in [3.8, 4) is 0 Å². The van der Waals surface area contributed by atoms with Gasteiger partial charge in [0.05, 0.1) is 10.7 Å². The number of nitrogens with zero attached hydrogens (tertiary/aromatic N) is 1. The zero-order valence-corrected chi connectivity index (χ0v) is 11.0. The Morgan fingerprint density at radius 3 is 2.76 bits per heavy atom. The van der Waals surface area contributed by atoms with Gasteiger partial charge < -0.3 is 0 Å². The number of benzene rings is 1. The molecule has 1 aromatic carbocycles. The molecule has 0 amide bonds. The van der Waals surface area contributed by atoms with Crippen molar-refractivity contribution in [2.45, 2.75) is 10.6 Å². The molecule has 1 heterocycles. The number of hydrogen-bond acceptors (Lipinski definition) is 2.